The van der Waals surface area contributed by atoms with Crippen LogP contribution in [0.4, 0.5) is 5.69 Å². The molecule has 0 unspecified atom stereocenters. The fraction of sp³-hybridized carbons (Fsp3) is 0.222. The highest BCUT2D eigenvalue weighted by atomic mass is 32.2. The van der Waals surface area contributed by atoms with E-state index in [1.807, 2.05) is 24.3 Å². The summed E-state index contributed by atoms with van der Waals surface area (Å²) in [6.07, 6.45) is 2.03. The number of tetrazole rings is 1. The van der Waals surface area contributed by atoms with E-state index in [1.54, 1.807) is 12.1 Å². The van der Waals surface area contributed by atoms with Crippen molar-refractivity contribution in [1.29, 1.82) is 0 Å². The molecule has 0 saturated heterocycles. The van der Waals surface area contributed by atoms with Crippen molar-refractivity contribution in [3.05, 3.63) is 54.1 Å². The largest absolute Gasteiger partial charge is 0.323 e. The number of carbonyl (C=O) groups is 1. The Morgan fingerprint density at radius 2 is 1.81 bits per heavy atom. The van der Waals surface area contributed by atoms with Crippen molar-refractivity contribution in [2.45, 2.75) is 24.8 Å². The molecule has 1 aromatic heterocycles. The van der Waals surface area contributed by atoms with Gasteiger partial charge in [-0.15, -0.1) is 10.2 Å². The normalized spacial score (nSPS) is 11.3. The van der Waals surface area contributed by atoms with Gasteiger partial charge in [-0.3, -0.25) is 4.79 Å². The van der Waals surface area contributed by atoms with Gasteiger partial charge in [0, 0.05) is 11.8 Å². The van der Waals surface area contributed by atoms with Crippen LogP contribution < -0.4 is 5.32 Å². The third-order valence-corrected chi connectivity index (χ3v) is 5.07. The molecular weight excluding hydrogens is 366 g/mol. The van der Waals surface area contributed by atoms with Crippen LogP contribution in [0.1, 0.15) is 12.5 Å². The van der Waals surface area contributed by atoms with Gasteiger partial charge in [0.25, 0.3) is 0 Å². The van der Waals surface area contributed by atoms with Gasteiger partial charge < -0.3 is 5.32 Å². The summed E-state index contributed by atoms with van der Waals surface area (Å²) in [5.41, 5.74) is 2.23. The van der Waals surface area contributed by atoms with Crippen LogP contribution in [-0.2, 0) is 27.6 Å². The van der Waals surface area contributed by atoms with E-state index in [2.05, 4.69) is 27.7 Å². The average molecular weight is 385 g/mol. The number of carbonyl (C=O) groups excluding carboxylic acids is 1. The molecule has 0 aliphatic rings. The van der Waals surface area contributed by atoms with Gasteiger partial charge in [0.05, 0.1) is 10.6 Å². The van der Waals surface area contributed by atoms with E-state index in [-0.39, 0.29) is 17.1 Å². The SMILES string of the molecule is CCc1ccc(-c2nnn(CC(=O)Nc3ccccc3S(C)(=O)=O)n2)cc1. The van der Waals surface area contributed by atoms with E-state index in [4.69, 9.17) is 0 Å². The number of anilines is 1. The van der Waals surface area contributed by atoms with Crippen molar-refractivity contribution >= 4 is 21.4 Å². The number of sulfone groups is 1. The Balaban J connectivity index is 1.72. The van der Waals surface area contributed by atoms with Crippen LogP contribution >= 0.6 is 0 Å². The van der Waals surface area contributed by atoms with Crippen molar-refractivity contribution in [3.8, 4) is 11.4 Å². The predicted octanol–water partition coefficient (Wildman–Crippen LogP) is 1.94. The molecule has 0 fully saturated rings. The molecule has 1 N–H and O–H groups in total. The van der Waals surface area contributed by atoms with Gasteiger partial charge in [0.2, 0.25) is 11.7 Å². The zero-order chi connectivity index (χ0) is 19.4. The number of hydrogen-bond donors (Lipinski definition) is 1. The minimum absolute atomic E-state index is 0.0570. The lowest BCUT2D eigenvalue weighted by Gasteiger charge is -2.09. The molecule has 0 bridgehead atoms. The second-order valence-electron chi connectivity index (χ2n) is 6.01. The zero-order valence-corrected chi connectivity index (χ0v) is 15.8. The van der Waals surface area contributed by atoms with Crippen LogP contribution in [0.5, 0.6) is 0 Å². The molecule has 0 atom stereocenters. The first-order chi connectivity index (χ1) is 12.9. The summed E-state index contributed by atoms with van der Waals surface area (Å²) >= 11 is 0. The number of hydrogen-bond acceptors (Lipinski definition) is 6. The van der Waals surface area contributed by atoms with Crippen LogP contribution in [0, 0.1) is 0 Å². The van der Waals surface area contributed by atoms with Crippen molar-refractivity contribution in [2.75, 3.05) is 11.6 Å². The van der Waals surface area contributed by atoms with Gasteiger partial charge in [-0.1, -0.05) is 43.3 Å². The minimum atomic E-state index is -3.45. The summed E-state index contributed by atoms with van der Waals surface area (Å²) in [7, 11) is -3.45. The van der Waals surface area contributed by atoms with E-state index in [0.717, 1.165) is 18.2 Å². The van der Waals surface area contributed by atoms with Gasteiger partial charge in [0.15, 0.2) is 9.84 Å². The molecule has 1 amide bonds. The molecule has 0 spiro atoms. The number of aryl methyl sites for hydroxylation is 1. The fourth-order valence-corrected chi connectivity index (χ4v) is 3.37. The summed E-state index contributed by atoms with van der Waals surface area (Å²) in [6, 6.07) is 14.0. The van der Waals surface area contributed by atoms with E-state index >= 15 is 0 Å². The Morgan fingerprint density at radius 1 is 1.11 bits per heavy atom. The summed E-state index contributed by atoms with van der Waals surface area (Å²) in [5, 5.41) is 14.6. The molecule has 3 aromatic rings. The van der Waals surface area contributed by atoms with Crippen LogP contribution in [-0.4, -0.2) is 40.8 Å². The highest BCUT2D eigenvalue weighted by Gasteiger charge is 2.15. The summed E-state index contributed by atoms with van der Waals surface area (Å²) in [6.45, 7) is 1.89. The Kier molecular flexibility index (Phi) is 5.31. The van der Waals surface area contributed by atoms with Crippen LogP contribution in [0.25, 0.3) is 11.4 Å². The van der Waals surface area contributed by atoms with Gasteiger partial charge >= 0.3 is 0 Å². The zero-order valence-electron chi connectivity index (χ0n) is 15.0. The fourth-order valence-electron chi connectivity index (χ4n) is 2.53. The molecule has 9 heteroatoms. The van der Waals surface area contributed by atoms with Crippen LogP contribution in [0.2, 0.25) is 0 Å². The van der Waals surface area contributed by atoms with Crippen LogP contribution in [0.3, 0.4) is 0 Å². The number of para-hydroxylation sites is 1. The highest BCUT2D eigenvalue weighted by Crippen LogP contribution is 2.20. The summed E-state index contributed by atoms with van der Waals surface area (Å²) < 4.78 is 23.6. The predicted molar refractivity (Wildman–Crippen MR) is 101 cm³/mol. The number of aromatic nitrogens is 4. The van der Waals surface area contributed by atoms with E-state index < -0.39 is 15.7 Å². The van der Waals surface area contributed by atoms with Gasteiger partial charge in [0.1, 0.15) is 6.54 Å². The standard InChI is InChI=1S/C18H19N5O3S/c1-3-13-8-10-14(11-9-13)18-20-22-23(21-18)12-17(24)19-15-6-4-5-7-16(15)27(2,25)26/h4-11H,3,12H2,1-2H3,(H,19,24). The van der Waals surface area contributed by atoms with Gasteiger partial charge in [-0.2, -0.15) is 4.80 Å². The quantitative estimate of drug-likeness (QED) is 0.695. The first-order valence-electron chi connectivity index (χ1n) is 8.33. The summed E-state index contributed by atoms with van der Waals surface area (Å²) in [5.74, 6) is -0.0293. The molecule has 0 saturated carbocycles. The van der Waals surface area contributed by atoms with Crippen molar-refractivity contribution in [1.82, 2.24) is 20.2 Å². The van der Waals surface area contributed by atoms with Crippen molar-refractivity contribution in [3.63, 3.8) is 0 Å². The third kappa shape index (κ3) is 4.56. The maximum absolute atomic E-state index is 12.3. The molecule has 8 nitrogen and oxygen atoms in total. The number of amides is 1. The van der Waals surface area contributed by atoms with Crippen molar-refractivity contribution < 1.29 is 13.2 Å². The number of benzene rings is 2. The monoisotopic (exact) mass is 385 g/mol. The van der Waals surface area contributed by atoms with E-state index in [1.165, 1.54) is 22.5 Å². The van der Waals surface area contributed by atoms with Crippen LogP contribution in [0.15, 0.2) is 53.4 Å². The second kappa shape index (κ2) is 7.67. The smallest absolute Gasteiger partial charge is 0.248 e. The third-order valence-electron chi connectivity index (χ3n) is 3.92. The number of rotatable bonds is 6. The lowest BCUT2D eigenvalue weighted by molar-refractivity contribution is -0.117. The average Bonchev–Trinajstić information content (AvgIpc) is 3.09. The molecule has 2 aromatic carbocycles. The molecule has 3 rings (SSSR count). The molecule has 0 radical (unpaired) electrons. The lowest BCUT2D eigenvalue weighted by atomic mass is 10.1. The second-order valence-corrected chi connectivity index (χ2v) is 7.99. The Labute approximate surface area is 157 Å². The number of nitrogens with one attached hydrogen (secondary N) is 1. The first-order valence-corrected chi connectivity index (χ1v) is 10.2. The lowest BCUT2D eigenvalue weighted by Crippen LogP contribution is -2.21. The Morgan fingerprint density at radius 3 is 2.48 bits per heavy atom. The molecule has 0 aliphatic carbocycles. The highest BCUT2D eigenvalue weighted by molar-refractivity contribution is 7.90. The molecule has 140 valence electrons. The number of nitrogens with zero attached hydrogens (tertiary/aromatic N) is 4. The van der Waals surface area contributed by atoms with Crippen molar-refractivity contribution in [2.24, 2.45) is 0 Å². The first kappa shape index (κ1) is 18.7. The molecular formula is C18H19N5O3S. The van der Waals surface area contributed by atoms with Gasteiger partial charge in [-0.05, 0) is 29.3 Å². The molecule has 1 heterocycles. The molecule has 27 heavy (non-hydrogen) atoms. The van der Waals surface area contributed by atoms with E-state index in [9.17, 15) is 13.2 Å². The minimum Gasteiger partial charge on any atom is -0.323 e. The Bertz CT molecular complexity index is 1060. The Hall–Kier alpha value is -3.07. The van der Waals surface area contributed by atoms with Gasteiger partial charge in [-0.25, -0.2) is 8.42 Å². The summed E-state index contributed by atoms with van der Waals surface area (Å²) in [4.78, 5) is 13.5. The topological polar surface area (TPSA) is 107 Å². The van der Waals surface area contributed by atoms with E-state index in [0.29, 0.717) is 5.82 Å². The maximum Gasteiger partial charge on any atom is 0.248 e. The maximum atomic E-state index is 12.3. The molecule has 0 aliphatic heterocycles.